The molecule has 0 unspecified atom stereocenters. The van der Waals surface area contributed by atoms with Gasteiger partial charge in [0.25, 0.3) is 5.69 Å². The third-order valence-electron chi connectivity index (χ3n) is 2.62. The Morgan fingerprint density at radius 2 is 2.05 bits per heavy atom. The van der Waals surface area contributed by atoms with E-state index in [0.29, 0.717) is 16.3 Å². The normalized spacial score (nSPS) is 10.2. The van der Waals surface area contributed by atoms with E-state index in [0.717, 1.165) is 5.56 Å². The van der Waals surface area contributed by atoms with E-state index in [1.165, 1.54) is 12.1 Å². The van der Waals surface area contributed by atoms with Gasteiger partial charge in [-0.1, -0.05) is 23.7 Å². The van der Waals surface area contributed by atoms with Crippen LogP contribution in [-0.4, -0.2) is 4.92 Å². The average Bonchev–Trinajstić information content (AvgIpc) is 2.36. The van der Waals surface area contributed by atoms with Crippen molar-refractivity contribution in [1.82, 2.24) is 0 Å². The van der Waals surface area contributed by atoms with Gasteiger partial charge in [-0.05, 0) is 36.8 Å². The lowest BCUT2D eigenvalue weighted by Gasteiger charge is -2.07. The highest BCUT2D eigenvalue weighted by Crippen LogP contribution is 2.24. The fraction of sp³-hybridized carbons (Fsp3) is 0.143. The van der Waals surface area contributed by atoms with Crippen LogP contribution in [0.2, 0.25) is 5.02 Å². The molecule has 0 aromatic heterocycles. The highest BCUT2D eigenvalue weighted by Gasteiger charge is 2.14. The van der Waals surface area contributed by atoms with Crippen LogP contribution in [0.5, 0.6) is 5.75 Å². The zero-order valence-corrected chi connectivity index (χ0v) is 11.1. The summed E-state index contributed by atoms with van der Waals surface area (Å²) in [6, 6.07) is 11.9. The molecule has 0 saturated heterocycles. The topological polar surface area (TPSA) is 52.4 Å². The quantitative estimate of drug-likeness (QED) is 0.623. The summed E-state index contributed by atoms with van der Waals surface area (Å²) in [5, 5.41) is 11.4. The Hall–Kier alpha value is -2.07. The molecule has 0 heterocycles. The number of hydrogen-bond acceptors (Lipinski definition) is 3. The standard InChI is InChI=1S/C14H12ClNO3/c1-10-3-2-4-13(7-10)19-9-11-8-12(15)5-6-14(11)16(17)18/h2-8H,9H2,1H3. The first-order chi connectivity index (χ1) is 9.06. The van der Waals surface area contributed by atoms with Crippen LogP contribution in [0.15, 0.2) is 42.5 Å². The van der Waals surface area contributed by atoms with Crippen LogP contribution in [0.3, 0.4) is 0 Å². The van der Waals surface area contributed by atoms with Gasteiger partial charge in [0.1, 0.15) is 12.4 Å². The van der Waals surface area contributed by atoms with Gasteiger partial charge in [-0.25, -0.2) is 0 Å². The zero-order chi connectivity index (χ0) is 13.8. The smallest absolute Gasteiger partial charge is 0.276 e. The number of ether oxygens (including phenoxy) is 1. The van der Waals surface area contributed by atoms with E-state index in [9.17, 15) is 10.1 Å². The minimum Gasteiger partial charge on any atom is -0.489 e. The molecule has 5 heteroatoms. The van der Waals surface area contributed by atoms with Crippen molar-refractivity contribution in [3.8, 4) is 5.75 Å². The molecular weight excluding hydrogens is 266 g/mol. The lowest BCUT2D eigenvalue weighted by atomic mass is 10.2. The van der Waals surface area contributed by atoms with Gasteiger partial charge in [-0.3, -0.25) is 10.1 Å². The molecule has 0 atom stereocenters. The van der Waals surface area contributed by atoms with Crippen molar-refractivity contribution < 1.29 is 9.66 Å². The number of nitrogens with zero attached hydrogens (tertiary/aromatic N) is 1. The van der Waals surface area contributed by atoms with Crippen LogP contribution in [0.25, 0.3) is 0 Å². The largest absolute Gasteiger partial charge is 0.489 e. The number of nitro groups is 1. The molecule has 4 nitrogen and oxygen atoms in total. The predicted molar refractivity (Wildman–Crippen MR) is 73.6 cm³/mol. The highest BCUT2D eigenvalue weighted by atomic mass is 35.5. The lowest BCUT2D eigenvalue weighted by Crippen LogP contribution is -2.00. The molecule has 0 amide bonds. The second-order valence-corrected chi connectivity index (χ2v) is 4.57. The van der Waals surface area contributed by atoms with Crippen molar-refractivity contribution in [2.75, 3.05) is 0 Å². The minimum atomic E-state index is -0.439. The summed E-state index contributed by atoms with van der Waals surface area (Å²) in [7, 11) is 0. The van der Waals surface area contributed by atoms with Gasteiger partial charge in [0.05, 0.1) is 10.5 Å². The third-order valence-corrected chi connectivity index (χ3v) is 2.86. The van der Waals surface area contributed by atoms with E-state index in [1.54, 1.807) is 6.07 Å². The monoisotopic (exact) mass is 277 g/mol. The second-order valence-electron chi connectivity index (χ2n) is 4.14. The summed E-state index contributed by atoms with van der Waals surface area (Å²) >= 11 is 5.85. The Kier molecular flexibility index (Phi) is 4.02. The Morgan fingerprint density at radius 3 is 2.74 bits per heavy atom. The molecule has 2 rings (SSSR count). The summed E-state index contributed by atoms with van der Waals surface area (Å²) in [4.78, 5) is 10.5. The maximum absolute atomic E-state index is 10.9. The number of rotatable bonds is 4. The first-order valence-electron chi connectivity index (χ1n) is 5.68. The van der Waals surface area contributed by atoms with Crippen LogP contribution in [-0.2, 0) is 6.61 Å². The van der Waals surface area contributed by atoms with Gasteiger partial charge >= 0.3 is 0 Å². The summed E-state index contributed by atoms with van der Waals surface area (Å²) in [6.45, 7) is 2.06. The number of benzene rings is 2. The number of halogens is 1. The molecule has 0 aliphatic heterocycles. The molecule has 98 valence electrons. The van der Waals surface area contributed by atoms with Crippen molar-refractivity contribution in [1.29, 1.82) is 0 Å². The molecular formula is C14H12ClNO3. The minimum absolute atomic E-state index is 0.0112. The van der Waals surface area contributed by atoms with E-state index in [2.05, 4.69) is 0 Å². The molecule has 0 spiro atoms. The van der Waals surface area contributed by atoms with Crippen molar-refractivity contribution in [2.45, 2.75) is 13.5 Å². The fourth-order valence-corrected chi connectivity index (χ4v) is 1.91. The molecule has 0 aliphatic carbocycles. The summed E-state index contributed by atoms with van der Waals surface area (Å²) in [5.41, 5.74) is 1.54. The van der Waals surface area contributed by atoms with Gasteiger partial charge in [0.15, 0.2) is 0 Å². The van der Waals surface area contributed by atoms with Crippen molar-refractivity contribution in [3.05, 3.63) is 68.7 Å². The molecule has 0 fully saturated rings. The van der Waals surface area contributed by atoms with Gasteiger partial charge in [0, 0.05) is 11.1 Å². The molecule has 2 aromatic carbocycles. The van der Waals surface area contributed by atoms with E-state index in [1.807, 2.05) is 31.2 Å². The molecule has 0 aliphatic rings. The molecule has 0 radical (unpaired) electrons. The molecule has 0 N–H and O–H groups in total. The van der Waals surface area contributed by atoms with E-state index < -0.39 is 4.92 Å². The Balaban J connectivity index is 2.19. The molecule has 0 saturated carbocycles. The Morgan fingerprint density at radius 1 is 1.26 bits per heavy atom. The highest BCUT2D eigenvalue weighted by molar-refractivity contribution is 6.30. The third kappa shape index (κ3) is 3.45. The molecule has 2 aromatic rings. The number of nitro benzene ring substituents is 1. The Labute approximate surface area is 115 Å². The first kappa shape index (κ1) is 13.4. The van der Waals surface area contributed by atoms with Crippen LogP contribution < -0.4 is 4.74 Å². The SMILES string of the molecule is Cc1cccc(OCc2cc(Cl)ccc2[N+](=O)[O-])c1. The maximum atomic E-state index is 10.9. The van der Waals surface area contributed by atoms with Crippen molar-refractivity contribution >= 4 is 17.3 Å². The zero-order valence-electron chi connectivity index (χ0n) is 10.3. The Bertz CT molecular complexity index is 613. The molecule has 0 bridgehead atoms. The van der Waals surface area contributed by atoms with Crippen LogP contribution >= 0.6 is 11.6 Å². The number of hydrogen-bond donors (Lipinski definition) is 0. The van der Waals surface area contributed by atoms with Crippen molar-refractivity contribution in [3.63, 3.8) is 0 Å². The van der Waals surface area contributed by atoms with Crippen LogP contribution in [0, 0.1) is 17.0 Å². The predicted octanol–water partition coefficient (Wildman–Crippen LogP) is 4.14. The fourth-order valence-electron chi connectivity index (χ4n) is 1.71. The maximum Gasteiger partial charge on any atom is 0.276 e. The van der Waals surface area contributed by atoms with Gasteiger partial charge in [0.2, 0.25) is 0 Å². The molecule has 19 heavy (non-hydrogen) atoms. The van der Waals surface area contributed by atoms with E-state index in [-0.39, 0.29) is 12.3 Å². The number of aryl methyl sites for hydroxylation is 1. The second kappa shape index (κ2) is 5.71. The average molecular weight is 278 g/mol. The van der Waals surface area contributed by atoms with Crippen LogP contribution in [0.4, 0.5) is 5.69 Å². The first-order valence-corrected chi connectivity index (χ1v) is 6.06. The lowest BCUT2D eigenvalue weighted by molar-refractivity contribution is -0.385. The summed E-state index contributed by atoms with van der Waals surface area (Å²) < 4.78 is 5.56. The van der Waals surface area contributed by atoms with Crippen molar-refractivity contribution in [2.24, 2.45) is 0 Å². The summed E-state index contributed by atoms with van der Waals surface area (Å²) in [5.74, 6) is 0.675. The van der Waals surface area contributed by atoms with E-state index >= 15 is 0 Å². The van der Waals surface area contributed by atoms with Gasteiger partial charge in [-0.15, -0.1) is 0 Å². The van der Waals surface area contributed by atoms with Crippen LogP contribution in [0.1, 0.15) is 11.1 Å². The summed E-state index contributed by atoms with van der Waals surface area (Å²) in [6.07, 6.45) is 0. The van der Waals surface area contributed by atoms with Gasteiger partial charge in [-0.2, -0.15) is 0 Å². The van der Waals surface area contributed by atoms with E-state index in [4.69, 9.17) is 16.3 Å². The van der Waals surface area contributed by atoms with Gasteiger partial charge < -0.3 is 4.74 Å².